The molecule has 0 heterocycles. The number of halogens is 6. The van der Waals surface area contributed by atoms with E-state index in [9.17, 15) is 40.7 Å². The summed E-state index contributed by atoms with van der Waals surface area (Å²) >= 11 is 0. The van der Waals surface area contributed by atoms with Crippen LogP contribution >= 0.6 is 0 Å². The lowest BCUT2D eigenvalue weighted by molar-refractivity contribution is -0.359. The van der Waals surface area contributed by atoms with Gasteiger partial charge in [0.1, 0.15) is 0 Å². The molecule has 6 nitrogen and oxygen atoms in total. The smallest absolute Gasteiger partial charge is 0.449 e. The van der Waals surface area contributed by atoms with Gasteiger partial charge in [-0.2, -0.15) is 26.3 Å². The van der Waals surface area contributed by atoms with E-state index in [1.54, 1.807) is 0 Å². The van der Waals surface area contributed by atoms with Crippen molar-refractivity contribution >= 4 is 17.9 Å². The second-order valence-corrected chi connectivity index (χ2v) is 6.61. The molecule has 1 fully saturated rings. The van der Waals surface area contributed by atoms with E-state index < -0.39 is 49.1 Å². The minimum absolute atomic E-state index is 0.261. The highest BCUT2D eigenvalue weighted by molar-refractivity contribution is 5.89. The summed E-state index contributed by atoms with van der Waals surface area (Å²) < 4.78 is 92.1. The van der Waals surface area contributed by atoms with Crippen LogP contribution in [-0.2, 0) is 28.6 Å². The number of alkyl halides is 6. The minimum atomic E-state index is -6.37. The highest BCUT2D eigenvalue weighted by Crippen LogP contribution is 2.47. The van der Waals surface area contributed by atoms with Crippen LogP contribution in [0.4, 0.5) is 26.3 Å². The molecule has 166 valence electrons. The molecule has 0 unspecified atom stereocenters. The van der Waals surface area contributed by atoms with Gasteiger partial charge in [-0.3, -0.25) is 0 Å². The van der Waals surface area contributed by atoms with Gasteiger partial charge in [-0.1, -0.05) is 25.8 Å². The summed E-state index contributed by atoms with van der Waals surface area (Å²) in [5, 5.41) is 0. The normalized spacial score (nSPS) is 16.1. The molecule has 1 aliphatic rings. The van der Waals surface area contributed by atoms with Crippen LogP contribution in [-0.4, -0.2) is 49.1 Å². The first-order chi connectivity index (χ1) is 13.2. The van der Waals surface area contributed by atoms with E-state index in [-0.39, 0.29) is 11.5 Å². The molecule has 1 saturated carbocycles. The minimum Gasteiger partial charge on any atom is -0.462 e. The van der Waals surface area contributed by atoms with Crippen molar-refractivity contribution in [2.75, 3.05) is 13.2 Å². The van der Waals surface area contributed by atoms with Gasteiger partial charge in [-0.05, 0) is 25.7 Å². The Labute approximate surface area is 162 Å². The van der Waals surface area contributed by atoms with Gasteiger partial charge in [0.2, 0.25) is 0 Å². The molecule has 0 saturated heterocycles. The second kappa shape index (κ2) is 9.49. The third kappa shape index (κ3) is 6.10. The third-order valence-electron chi connectivity index (χ3n) is 4.20. The Kier molecular flexibility index (Phi) is 8.10. The van der Waals surface area contributed by atoms with Gasteiger partial charge in [-0.25, -0.2) is 14.4 Å². The zero-order valence-electron chi connectivity index (χ0n) is 15.5. The van der Waals surface area contributed by atoms with Crippen molar-refractivity contribution in [2.45, 2.75) is 57.0 Å². The molecule has 0 radical (unpaired) electrons. The highest BCUT2D eigenvalue weighted by atomic mass is 19.4. The molecule has 0 aromatic carbocycles. The van der Waals surface area contributed by atoms with Crippen molar-refractivity contribution in [3.63, 3.8) is 0 Å². The first-order valence-electron chi connectivity index (χ1n) is 8.57. The Hall–Kier alpha value is -2.27. The Balaban J connectivity index is 3.04. The average molecular weight is 434 g/mol. The molecule has 1 rings (SSSR count). The number of rotatable bonds is 7. The molecular formula is C17H20F6O6. The Morgan fingerprint density at radius 1 is 0.931 bits per heavy atom. The highest BCUT2D eigenvalue weighted by Gasteiger charge is 2.80. The fraction of sp³-hybridized carbons (Fsp3) is 0.706. The van der Waals surface area contributed by atoms with E-state index >= 15 is 0 Å². The lowest BCUT2D eigenvalue weighted by Crippen LogP contribution is -2.65. The first kappa shape index (κ1) is 24.8. The number of esters is 3. The van der Waals surface area contributed by atoms with Crippen LogP contribution in [0.1, 0.15) is 39.0 Å². The van der Waals surface area contributed by atoms with E-state index in [4.69, 9.17) is 0 Å². The van der Waals surface area contributed by atoms with Crippen molar-refractivity contribution in [1.29, 1.82) is 0 Å². The molecular weight excluding hydrogens is 414 g/mol. The number of carbonyl (C=O) groups is 3. The van der Waals surface area contributed by atoms with Gasteiger partial charge in [-0.15, -0.1) is 0 Å². The molecule has 0 bridgehead atoms. The number of hydrogen-bond acceptors (Lipinski definition) is 6. The van der Waals surface area contributed by atoms with E-state index in [0.29, 0.717) is 25.7 Å². The zero-order valence-corrected chi connectivity index (χ0v) is 15.5. The maximum Gasteiger partial charge on any atom is 0.449 e. The van der Waals surface area contributed by atoms with Gasteiger partial charge in [0.05, 0.1) is 6.61 Å². The van der Waals surface area contributed by atoms with Gasteiger partial charge in [0.25, 0.3) is 0 Å². The summed E-state index contributed by atoms with van der Waals surface area (Å²) in [7, 11) is 0. The first-order valence-corrected chi connectivity index (χ1v) is 8.57. The summed E-state index contributed by atoms with van der Waals surface area (Å²) in [6, 6.07) is 0. The van der Waals surface area contributed by atoms with Gasteiger partial charge in [0, 0.05) is 5.57 Å². The van der Waals surface area contributed by atoms with Crippen molar-refractivity contribution in [1.82, 2.24) is 0 Å². The van der Waals surface area contributed by atoms with Crippen molar-refractivity contribution < 1.29 is 54.9 Å². The van der Waals surface area contributed by atoms with Crippen LogP contribution < -0.4 is 0 Å². The average Bonchev–Trinajstić information content (AvgIpc) is 2.60. The maximum atomic E-state index is 13.4. The summed E-state index contributed by atoms with van der Waals surface area (Å²) in [4.78, 5) is 34.6. The predicted molar refractivity (Wildman–Crippen MR) is 84.2 cm³/mol. The lowest BCUT2D eigenvalue weighted by atomic mass is 9.90. The SMILES string of the molecule is C=C(C)C(=O)OCC(=O)OC(C(=O)OCC1CCCCC1)(C(F)(F)F)C(F)(F)F. The molecule has 0 N–H and O–H groups in total. The summed E-state index contributed by atoms with van der Waals surface area (Å²) in [6.45, 7) is 1.99. The largest absolute Gasteiger partial charge is 0.462 e. The van der Waals surface area contributed by atoms with Crippen molar-refractivity contribution in [3.05, 3.63) is 12.2 Å². The fourth-order valence-corrected chi connectivity index (χ4v) is 2.65. The number of ether oxygens (including phenoxy) is 3. The summed E-state index contributed by atoms with van der Waals surface area (Å²) in [5.41, 5.74) is -5.80. The topological polar surface area (TPSA) is 78.9 Å². The van der Waals surface area contributed by atoms with Crippen LogP contribution in [0, 0.1) is 5.92 Å². The quantitative estimate of drug-likeness (QED) is 0.264. The predicted octanol–water partition coefficient (Wildman–Crippen LogP) is 3.64. The molecule has 12 heteroatoms. The summed E-state index contributed by atoms with van der Waals surface area (Å²) in [6.07, 6.45) is -9.51. The molecule has 0 aromatic heterocycles. The molecule has 0 spiro atoms. The maximum absolute atomic E-state index is 13.4. The van der Waals surface area contributed by atoms with Gasteiger partial charge < -0.3 is 14.2 Å². The van der Waals surface area contributed by atoms with Gasteiger partial charge >= 0.3 is 35.9 Å². The molecule has 0 amide bonds. The second-order valence-electron chi connectivity index (χ2n) is 6.61. The van der Waals surface area contributed by atoms with Gasteiger partial charge in [0.15, 0.2) is 6.61 Å². The fourth-order valence-electron chi connectivity index (χ4n) is 2.65. The van der Waals surface area contributed by atoms with E-state index in [1.165, 1.54) is 0 Å². The molecule has 0 aliphatic heterocycles. The molecule has 1 aliphatic carbocycles. The Morgan fingerprint density at radius 2 is 1.45 bits per heavy atom. The lowest BCUT2D eigenvalue weighted by Gasteiger charge is -2.34. The van der Waals surface area contributed by atoms with E-state index in [2.05, 4.69) is 20.8 Å². The molecule has 0 aromatic rings. The van der Waals surface area contributed by atoms with Crippen LogP contribution in [0.2, 0.25) is 0 Å². The van der Waals surface area contributed by atoms with E-state index in [0.717, 1.165) is 13.3 Å². The standard InChI is InChI=1S/C17H20F6O6/c1-10(2)13(25)27-9-12(24)29-15(16(18,19)20,17(21,22)23)14(26)28-8-11-6-4-3-5-7-11/h11H,1,3-9H2,2H3. The van der Waals surface area contributed by atoms with Crippen LogP contribution in [0.15, 0.2) is 12.2 Å². The number of hydrogen-bond donors (Lipinski definition) is 0. The van der Waals surface area contributed by atoms with E-state index in [1.807, 2.05) is 0 Å². The number of carbonyl (C=O) groups excluding carboxylic acids is 3. The van der Waals surface area contributed by atoms with Crippen molar-refractivity contribution in [3.8, 4) is 0 Å². The third-order valence-corrected chi connectivity index (χ3v) is 4.20. The molecule has 0 atom stereocenters. The Morgan fingerprint density at radius 3 is 1.90 bits per heavy atom. The van der Waals surface area contributed by atoms with Crippen LogP contribution in [0.3, 0.4) is 0 Å². The zero-order chi connectivity index (χ0) is 22.5. The molecule has 29 heavy (non-hydrogen) atoms. The Bertz CT molecular complexity index is 619. The monoisotopic (exact) mass is 434 g/mol. The van der Waals surface area contributed by atoms with Crippen molar-refractivity contribution in [2.24, 2.45) is 5.92 Å². The summed E-state index contributed by atoms with van der Waals surface area (Å²) in [5.74, 6) is -6.67. The van der Waals surface area contributed by atoms with Crippen LogP contribution in [0.5, 0.6) is 0 Å². The van der Waals surface area contributed by atoms with Crippen LogP contribution in [0.25, 0.3) is 0 Å².